The monoisotopic (exact) mass is 318 g/mol. The van der Waals surface area contributed by atoms with Crippen LogP contribution in [-0.2, 0) is 4.79 Å². The molecule has 23 heavy (non-hydrogen) atoms. The van der Waals surface area contributed by atoms with E-state index in [4.69, 9.17) is 0 Å². The van der Waals surface area contributed by atoms with Crippen molar-refractivity contribution in [3.8, 4) is 0 Å². The first-order valence-electron chi connectivity index (χ1n) is 8.34. The van der Waals surface area contributed by atoms with Gasteiger partial charge in [-0.2, -0.15) is 0 Å². The zero-order valence-corrected chi connectivity index (χ0v) is 13.7. The molecule has 1 unspecified atom stereocenters. The van der Waals surface area contributed by atoms with Crippen molar-refractivity contribution in [2.75, 3.05) is 13.1 Å². The Bertz CT molecular complexity index is 631. The Morgan fingerprint density at radius 3 is 2.57 bits per heavy atom. The van der Waals surface area contributed by atoms with Crippen LogP contribution in [0.4, 0.5) is 4.39 Å². The number of likely N-dealkylation sites (tertiary alicyclic amines) is 2. The third-order valence-electron chi connectivity index (χ3n) is 5.08. The maximum absolute atomic E-state index is 13.4. The van der Waals surface area contributed by atoms with Crippen LogP contribution in [0.1, 0.15) is 49.9 Å². The number of carbonyl (C=O) groups excluding carboxylic acids is 2. The molecule has 0 aliphatic carbocycles. The minimum Gasteiger partial charge on any atom is -0.338 e. The number of hydrogen-bond donors (Lipinski definition) is 0. The number of benzene rings is 1. The molecule has 0 bridgehead atoms. The first kappa shape index (κ1) is 16.0. The standard InChI is InChI=1S/C18H23FN2O2/c1-13(2)20-10-4-8-18(17(20)23)9-5-11-21(18)16(22)14-6-3-7-15(19)12-14/h3,6-7,12-13H,4-5,8-11H2,1-2H3. The van der Waals surface area contributed by atoms with Gasteiger partial charge in [0, 0.05) is 24.7 Å². The lowest BCUT2D eigenvalue weighted by molar-refractivity contribution is -0.147. The number of carbonyl (C=O) groups is 2. The summed E-state index contributed by atoms with van der Waals surface area (Å²) >= 11 is 0. The van der Waals surface area contributed by atoms with Crippen LogP contribution in [0.2, 0.25) is 0 Å². The second kappa shape index (κ2) is 5.95. The van der Waals surface area contributed by atoms with Gasteiger partial charge in [-0.1, -0.05) is 6.07 Å². The van der Waals surface area contributed by atoms with Crippen molar-refractivity contribution in [3.63, 3.8) is 0 Å². The van der Waals surface area contributed by atoms with Crippen LogP contribution < -0.4 is 0 Å². The number of nitrogens with zero attached hydrogens (tertiary/aromatic N) is 2. The number of amides is 2. The van der Waals surface area contributed by atoms with Gasteiger partial charge in [0.25, 0.3) is 5.91 Å². The molecule has 2 fully saturated rings. The van der Waals surface area contributed by atoms with E-state index in [1.165, 1.54) is 18.2 Å². The highest BCUT2D eigenvalue weighted by molar-refractivity contribution is 6.00. The average molecular weight is 318 g/mol. The van der Waals surface area contributed by atoms with E-state index in [2.05, 4.69) is 0 Å². The van der Waals surface area contributed by atoms with E-state index < -0.39 is 11.4 Å². The van der Waals surface area contributed by atoms with Gasteiger partial charge in [0.2, 0.25) is 5.91 Å². The first-order valence-corrected chi connectivity index (χ1v) is 8.34. The third kappa shape index (κ3) is 2.62. The van der Waals surface area contributed by atoms with Gasteiger partial charge in [0.15, 0.2) is 0 Å². The molecule has 1 aromatic carbocycles. The summed E-state index contributed by atoms with van der Waals surface area (Å²) in [6, 6.07) is 5.86. The van der Waals surface area contributed by atoms with Crippen molar-refractivity contribution in [2.24, 2.45) is 0 Å². The van der Waals surface area contributed by atoms with Crippen LogP contribution in [0.3, 0.4) is 0 Å². The smallest absolute Gasteiger partial charge is 0.254 e. The minimum atomic E-state index is -0.730. The van der Waals surface area contributed by atoms with Crippen molar-refractivity contribution in [1.82, 2.24) is 9.80 Å². The van der Waals surface area contributed by atoms with Gasteiger partial charge in [-0.3, -0.25) is 9.59 Å². The highest BCUT2D eigenvalue weighted by Crippen LogP contribution is 2.39. The van der Waals surface area contributed by atoms with Gasteiger partial charge < -0.3 is 9.80 Å². The first-order chi connectivity index (χ1) is 11.0. The van der Waals surface area contributed by atoms with Gasteiger partial charge in [0.05, 0.1) is 0 Å². The highest BCUT2D eigenvalue weighted by atomic mass is 19.1. The average Bonchev–Trinajstić information content (AvgIpc) is 2.93. The summed E-state index contributed by atoms with van der Waals surface area (Å²) in [5.41, 5.74) is -0.410. The Labute approximate surface area is 136 Å². The second-order valence-electron chi connectivity index (χ2n) is 6.80. The van der Waals surface area contributed by atoms with Crippen LogP contribution in [0, 0.1) is 5.82 Å². The number of halogens is 1. The van der Waals surface area contributed by atoms with E-state index in [9.17, 15) is 14.0 Å². The molecule has 2 aliphatic heterocycles. The lowest BCUT2D eigenvalue weighted by atomic mass is 9.84. The summed E-state index contributed by atoms with van der Waals surface area (Å²) in [4.78, 5) is 29.5. The van der Waals surface area contributed by atoms with Crippen molar-refractivity contribution < 1.29 is 14.0 Å². The summed E-state index contributed by atoms with van der Waals surface area (Å²) in [5, 5.41) is 0. The van der Waals surface area contributed by atoms with Crippen molar-refractivity contribution >= 4 is 11.8 Å². The molecular weight excluding hydrogens is 295 g/mol. The molecule has 124 valence electrons. The summed E-state index contributed by atoms with van der Waals surface area (Å²) in [7, 11) is 0. The third-order valence-corrected chi connectivity index (χ3v) is 5.08. The molecule has 3 rings (SSSR count). The SMILES string of the molecule is CC(C)N1CCCC2(CCCN2C(=O)c2cccc(F)c2)C1=O. The summed E-state index contributed by atoms with van der Waals surface area (Å²) in [5.74, 6) is -0.607. The molecule has 1 atom stereocenters. The fourth-order valence-electron chi connectivity index (χ4n) is 3.94. The summed E-state index contributed by atoms with van der Waals surface area (Å²) < 4.78 is 13.4. The van der Waals surface area contributed by atoms with Gasteiger partial charge in [-0.05, 0) is 57.7 Å². The van der Waals surface area contributed by atoms with E-state index >= 15 is 0 Å². The molecule has 2 aliphatic rings. The maximum Gasteiger partial charge on any atom is 0.254 e. The lowest BCUT2D eigenvalue weighted by Gasteiger charge is -2.46. The van der Waals surface area contributed by atoms with Crippen LogP contribution >= 0.6 is 0 Å². The fourth-order valence-corrected chi connectivity index (χ4v) is 3.94. The quantitative estimate of drug-likeness (QED) is 0.841. The van der Waals surface area contributed by atoms with Crippen LogP contribution in [0.25, 0.3) is 0 Å². The molecular formula is C18H23FN2O2. The van der Waals surface area contributed by atoms with Crippen LogP contribution in [0.5, 0.6) is 0 Å². The molecule has 0 N–H and O–H groups in total. The molecule has 0 radical (unpaired) electrons. The van der Waals surface area contributed by atoms with Gasteiger partial charge in [-0.15, -0.1) is 0 Å². The molecule has 0 aromatic heterocycles. The molecule has 1 aromatic rings. The van der Waals surface area contributed by atoms with Crippen molar-refractivity contribution in [2.45, 2.75) is 51.1 Å². The van der Waals surface area contributed by atoms with E-state index in [1.54, 1.807) is 11.0 Å². The van der Waals surface area contributed by atoms with Gasteiger partial charge in [-0.25, -0.2) is 4.39 Å². The minimum absolute atomic E-state index is 0.0565. The Balaban J connectivity index is 1.93. The Morgan fingerprint density at radius 2 is 1.91 bits per heavy atom. The van der Waals surface area contributed by atoms with E-state index in [1.807, 2.05) is 18.7 Å². The molecule has 2 heterocycles. The number of rotatable bonds is 2. The van der Waals surface area contributed by atoms with E-state index in [0.29, 0.717) is 24.9 Å². The highest BCUT2D eigenvalue weighted by Gasteiger charge is 2.53. The molecule has 1 spiro atoms. The molecule has 5 heteroatoms. The number of piperidine rings is 1. The number of hydrogen-bond acceptors (Lipinski definition) is 2. The zero-order chi connectivity index (χ0) is 16.6. The largest absolute Gasteiger partial charge is 0.338 e. The molecule has 2 saturated heterocycles. The van der Waals surface area contributed by atoms with E-state index in [-0.39, 0.29) is 17.9 Å². The summed E-state index contributed by atoms with van der Waals surface area (Å²) in [6.45, 7) is 5.32. The van der Waals surface area contributed by atoms with Crippen molar-refractivity contribution in [1.29, 1.82) is 0 Å². The Morgan fingerprint density at radius 1 is 1.22 bits per heavy atom. The van der Waals surface area contributed by atoms with Crippen molar-refractivity contribution in [3.05, 3.63) is 35.6 Å². The molecule has 2 amide bonds. The zero-order valence-electron chi connectivity index (χ0n) is 13.7. The topological polar surface area (TPSA) is 40.6 Å². The lowest BCUT2D eigenvalue weighted by Crippen LogP contribution is -2.62. The normalized spacial score (nSPS) is 24.8. The predicted octanol–water partition coefficient (Wildman–Crippen LogP) is 2.83. The predicted molar refractivity (Wildman–Crippen MR) is 85.5 cm³/mol. The fraction of sp³-hybridized carbons (Fsp3) is 0.556. The second-order valence-corrected chi connectivity index (χ2v) is 6.80. The van der Waals surface area contributed by atoms with Gasteiger partial charge >= 0.3 is 0 Å². The Hall–Kier alpha value is -1.91. The Kier molecular flexibility index (Phi) is 4.13. The molecule has 4 nitrogen and oxygen atoms in total. The molecule has 0 saturated carbocycles. The van der Waals surface area contributed by atoms with Gasteiger partial charge in [0.1, 0.15) is 11.4 Å². The maximum atomic E-state index is 13.4. The van der Waals surface area contributed by atoms with E-state index in [0.717, 1.165) is 19.4 Å². The van der Waals surface area contributed by atoms with Crippen LogP contribution in [-0.4, -0.2) is 46.3 Å². The van der Waals surface area contributed by atoms with Crippen LogP contribution in [0.15, 0.2) is 24.3 Å². The summed E-state index contributed by atoms with van der Waals surface area (Å²) in [6.07, 6.45) is 3.13.